The van der Waals surface area contributed by atoms with Crippen LogP contribution in [0.3, 0.4) is 0 Å². The van der Waals surface area contributed by atoms with E-state index in [1.165, 1.54) is 0 Å². The second kappa shape index (κ2) is 10.1. The molecule has 0 aromatic carbocycles. The van der Waals surface area contributed by atoms with E-state index in [0.29, 0.717) is 29.6 Å². The topological polar surface area (TPSA) is 26.3 Å². The maximum atomic E-state index is 12.5. The molecule has 0 saturated heterocycles. The summed E-state index contributed by atoms with van der Waals surface area (Å²) in [6.07, 6.45) is 4.29. The fraction of sp³-hybridized carbons (Fsp3) is 0.850. The van der Waals surface area contributed by atoms with Gasteiger partial charge in [-0.25, -0.2) is 4.79 Å². The first kappa shape index (κ1) is 21.2. The summed E-state index contributed by atoms with van der Waals surface area (Å²) in [5.74, 6) is 2.15. The molecule has 130 valence electrons. The van der Waals surface area contributed by atoms with E-state index in [0.717, 1.165) is 18.4 Å². The number of allylic oxidation sites excluding steroid dienone is 1. The van der Waals surface area contributed by atoms with Crippen molar-refractivity contribution < 1.29 is 9.53 Å². The van der Waals surface area contributed by atoms with E-state index < -0.39 is 0 Å². The molecule has 0 N–H and O–H groups in total. The van der Waals surface area contributed by atoms with Gasteiger partial charge in [0.25, 0.3) is 0 Å². The summed E-state index contributed by atoms with van der Waals surface area (Å²) in [5.41, 5.74) is 0.757. The molecule has 0 radical (unpaired) electrons. The molecule has 0 heterocycles. The summed E-state index contributed by atoms with van der Waals surface area (Å²) < 4.78 is 5.81. The molecular weight excluding hydrogens is 272 g/mol. The lowest BCUT2D eigenvalue weighted by atomic mass is 9.82. The zero-order valence-electron chi connectivity index (χ0n) is 16.3. The maximum Gasteiger partial charge on any atom is 0.333 e. The largest absolute Gasteiger partial charge is 0.458 e. The van der Waals surface area contributed by atoms with Crippen LogP contribution in [0.1, 0.15) is 75.2 Å². The highest BCUT2D eigenvalue weighted by Gasteiger charge is 2.25. The first-order valence-corrected chi connectivity index (χ1v) is 9.04. The standard InChI is InChI=1S/C20H38O2/c1-10-15(7)18(13(3)4)12-17(9)20(21)22-19(14(5)6)16(8)11-2/h12-16,18-19H,10-11H2,1-9H3. The minimum absolute atomic E-state index is 0.00180. The zero-order valence-corrected chi connectivity index (χ0v) is 16.3. The molecule has 22 heavy (non-hydrogen) atoms. The highest BCUT2D eigenvalue weighted by atomic mass is 16.5. The number of hydrogen-bond acceptors (Lipinski definition) is 2. The lowest BCUT2D eigenvalue weighted by molar-refractivity contribution is -0.149. The predicted octanol–water partition coefficient (Wildman–Crippen LogP) is 5.86. The Morgan fingerprint density at radius 1 is 0.909 bits per heavy atom. The first-order chi connectivity index (χ1) is 10.1. The number of ether oxygens (including phenoxy) is 1. The van der Waals surface area contributed by atoms with Crippen molar-refractivity contribution in [3.05, 3.63) is 11.6 Å². The van der Waals surface area contributed by atoms with E-state index in [2.05, 4.69) is 61.5 Å². The van der Waals surface area contributed by atoms with Crippen molar-refractivity contribution in [2.75, 3.05) is 0 Å². The second-order valence-corrected chi connectivity index (χ2v) is 7.56. The fourth-order valence-corrected chi connectivity index (χ4v) is 3.00. The number of esters is 1. The van der Waals surface area contributed by atoms with Crippen molar-refractivity contribution in [3.8, 4) is 0 Å². The van der Waals surface area contributed by atoms with Gasteiger partial charge in [0.15, 0.2) is 0 Å². The Morgan fingerprint density at radius 2 is 1.41 bits per heavy atom. The number of carbonyl (C=O) groups is 1. The zero-order chi connectivity index (χ0) is 17.4. The molecule has 0 aromatic rings. The number of rotatable bonds is 9. The molecule has 0 aromatic heterocycles. The van der Waals surface area contributed by atoms with E-state index in [9.17, 15) is 4.79 Å². The van der Waals surface area contributed by atoms with E-state index in [1.807, 2.05) is 6.92 Å². The monoisotopic (exact) mass is 310 g/mol. The molecular formula is C20H38O2. The summed E-state index contributed by atoms with van der Waals surface area (Å²) in [6.45, 7) is 19.4. The quantitative estimate of drug-likeness (QED) is 0.393. The van der Waals surface area contributed by atoms with Gasteiger partial charge in [0.05, 0.1) is 0 Å². The van der Waals surface area contributed by atoms with Gasteiger partial charge >= 0.3 is 5.97 Å². The summed E-state index contributed by atoms with van der Waals surface area (Å²) in [4.78, 5) is 12.5. The number of carbonyl (C=O) groups excluding carboxylic acids is 1. The third-order valence-corrected chi connectivity index (χ3v) is 4.94. The molecule has 0 aliphatic rings. The van der Waals surface area contributed by atoms with Crippen molar-refractivity contribution >= 4 is 5.97 Å². The Bertz CT molecular complexity index is 355. The van der Waals surface area contributed by atoms with Crippen LogP contribution in [0.4, 0.5) is 0 Å². The van der Waals surface area contributed by atoms with Crippen LogP contribution >= 0.6 is 0 Å². The molecule has 0 saturated carbocycles. The average Bonchev–Trinajstić information content (AvgIpc) is 2.47. The summed E-state index contributed by atoms with van der Waals surface area (Å²) in [7, 11) is 0. The van der Waals surface area contributed by atoms with Crippen molar-refractivity contribution in [3.63, 3.8) is 0 Å². The van der Waals surface area contributed by atoms with Crippen molar-refractivity contribution in [2.45, 2.75) is 81.3 Å². The van der Waals surface area contributed by atoms with E-state index in [4.69, 9.17) is 4.74 Å². The summed E-state index contributed by atoms with van der Waals surface area (Å²) in [5, 5.41) is 0. The fourth-order valence-electron chi connectivity index (χ4n) is 3.00. The van der Waals surface area contributed by atoms with Crippen LogP contribution in [0.15, 0.2) is 11.6 Å². The number of hydrogen-bond donors (Lipinski definition) is 0. The third-order valence-electron chi connectivity index (χ3n) is 4.94. The molecule has 0 aliphatic heterocycles. The van der Waals surface area contributed by atoms with Gasteiger partial charge in [0.2, 0.25) is 0 Å². The van der Waals surface area contributed by atoms with Crippen LogP contribution in [0.25, 0.3) is 0 Å². The van der Waals surface area contributed by atoms with E-state index in [1.54, 1.807) is 0 Å². The lowest BCUT2D eigenvalue weighted by Crippen LogP contribution is -2.30. The normalized spacial score (nSPS) is 18.2. The summed E-state index contributed by atoms with van der Waals surface area (Å²) >= 11 is 0. The van der Waals surface area contributed by atoms with E-state index in [-0.39, 0.29) is 12.1 Å². The van der Waals surface area contributed by atoms with Crippen LogP contribution in [0.2, 0.25) is 0 Å². The molecule has 4 unspecified atom stereocenters. The lowest BCUT2D eigenvalue weighted by Gasteiger charge is -2.28. The molecule has 2 nitrogen and oxygen atoms in total. The SMILES string of the molecule is CCC(C)C(C=C(C)C(=O)OC(C(C)C)C(C)CC)C(C)C. The van der Waals surface area contributed by atoms with Crippen LogP contribution in [0.5, 0.6) is 0 Å². The molecule has 2 heteroatoms. The predicted molar refractivity (Wildman–Crippen MR) is 95.7 cm³/mol. The highest BCUT2D eigenvalue weighted by molar-refractivity contribution is 5.87. The van der Waals surface area contributed by atoms with E-state index >= 15 is 0 Å². The van der Waals surface area contributed by atoms with Gasteiger partial charge in [-0.1, -0.05) is 74.3 Å². The highest BCUT2D eigenvalue weighted by Crippen LogP contribution is 2.27. The van der Waals surface area contributed by atoms with Gasteiger partial charge in [0.1, 0.15) is 6.10 Å². The van der Waals surface area contributed by atoms with Crippen molar-refractivity contribution in [1.82, 2.24) is 0 Å². The third kappa shape index (κ3) is 6.54. The molecule has 0 fully saturated rings. The maximum absolute atomic E-state index is 12.5. The smallest absolute Gasteiger partial charge is 0.333 e. The van der Waals surface area contributed by atoms with Gasteiger partial charge in [-0.05, 0) is 36.5 Å². The van der Waals surface area contributed by atoms with Gasteiger partial charge in [-0.2, -0.15) is 0 Å². The van der Waals surface area contributed by atoms with Gasteiger partial charge in [-0.15, -0.1) is 0 Å². The minimum Gasteiger partial charge on any atom is -0.458 e. The molecule has 0 aliphatic carbocycles. The Labute approximate surface area is 138 Å². The molecule has 0 amide bonds. The summed E-state index contributed by atoms with van der Waals surface area (Å²) in [6, 6.07) is 0. The van der Waals surface area contributed by atoms with Crippen molar-refractivity contribution in [2.24, 2.45) is 29.6 Å². The first-order valence-electron chi connectivity index (χ1n) is 9.04. The average molecular weight is 311 g/mol. The van der Waals surface area contributed by atoms with Gasteiger partial charge in [-0.3, -0.25) is 0 Å². The Kier molecular flexibility index (Phi) is 9.71. The Morgan fingerprint density at radius 3 is 1.77 bits per heavy atom. The second-order valence-electron chi connectivity index (χ2n) is 7.56. The van der Waals surface area contributed by atoms with Crippen LogP contribution < -0.4 is 0 Å². The Hall–Kier alpha value is -0.790. The van der Waals surface area contributed by atoms with Crippen LogP contribution in [-0.4, -0.2) is 12.1 Å². The van der Waals surface area contributed by atoms with Gasteiger partial charge in [0, 0.05) is 5.57 Å². The molecule has 0 spiro atoms. The molecule has 0 bridgehead atoms. The minimum atomic E-state index is -0.145. The van der Waals surface area contributed by atoms with Gasteiger partial charge < -0.3 is 4.74 Å². The molecule has 4 atom stereocenters. The van der Waals surface area contributed by atoms with Crippen molar-refractivity contribution in [1.29, 1.82) is 0 Å². The molecule has 0 rings (SSSR count). The van der Waals surface area contributed by atoms with Crippen LogP contribution in [-0.2, 0) is 9.53 Å². The Balaban J connectivity index is 5.05. The van der Waals surface area contributed by atoms with Crippen LogP contribution in [0, 0.1) is 29.6 Å².